The lowest BCUT2D eigenvalue weighted by Gasteiger charge is -2.09. The Bertz CT molecular complexity index is 691. The van der Waals surface area contributed by atoms with Crippen molar-refractivity contribution in [3.63, 3.8) is 0 Å². The lowest BCUT2D eigenvalue weighted by Crippen LogP contribution is -2.15. The molecular formula is C13H8BrClN2O3. The van der Waals surface area contributed by atoms with E-state index >= 15 is 0 Å². The molecule has 0 aliphatic rings. The van der Waals surface area contributed by atoms with E-state index in [-0.39, 0.29) is 11.3 Å². The number of benzene rings is 1. The van der Waals surface area contributed by atoms with Crippen LogP contribution in [0.3, 0.4) is 0 Å². The summed E-state index contributed by atoms with van der Waals surface area (Å²) >= 11 is 8.97. The molecule has 0 aliphatic carbocycles. The number of pyridine rings is 1. The number of carboxylic acids is 1. The zero-order valence-corrected chi connectivity index (χ0v) is 12.3. The van der Waals surface area contributed by atoms with Crippen molar-refractivity contribution in [1.82, 2.24) is 4.98 Å². The van der Waals surface area contributed by atoms with Crippen molar-refractivity contribution in [1.29, 1.82) is 0 Å². The zero-order valence-electron chi connectivity index (χ0n) is 9.93. The van der Waals surface area contributed by atoms with Gasteiger partial charge in [0.15, 0.2) is 0 Å². The van der Waals surface area contributed by atoms with Crippen molar-refractivity contribution in [2.24, 2.45) is 0 Å². The lowest BCUT2D eigenvalue weighted by molar-refractivity contribution is 0.0698. The molecule has 2 rings (SSSR count). The summed E-state index contributed by atoms with van der Waals surface area (Å²) in [5, 5.41) is 11.9. The summed E-state index contributed by atoms with van der Waals surface area (Å²) < 4.78 is 0.509. The van der Waals surface area contributed by atoms with E-state index in [1.807, 2.05) is 0 Å². The minimum atomic E-state index is -1.15. The Labute approximate surface area is 127 Å². The second kappa shape index (κ2) is 6.02. The van der Waals surface area contributed by atoms with E-state index in [2.05, 4.69) is 26.2 Å². The topological polar surface area (TPSA) is 79.3 Å². The molecule has 2 N–H and O–H groups in total. The molecule has 0 spiro atoms. The summed E-state index contributed by atoms with van der Waals surface area (Å²) in [5.74, 6) is -1.59. The third-order valence-corrected chi connectivity index (χ3v) is 3.12. The number of nitrogens with one attached hydrogen (secondary N) is 1. The standard InChI is InChI=1S/C13H8BrClN2O3/c14-11-5-7(3-4-16-11)12(18)17-10-6-8(15)1-2-9(10)13(19)20/h1-6H,(H,17,18)(H,19,20). The predicted octanol–water partition coefficient (Wildman–Crippen LogP) is 3.45. The normalized spacial score (nSPS) is 10.1. The Morgan fingerprint density at radius 1 is 1.25 bits per heavy atom. The highest BCUT2D eigenvalue weighted by atomic mass is 79.9. The van der Waals surface area contributed by atoms with Crippen LogP contribution in [0, 0.1) is 0 Å². The van der Waals surface area contributed by atoms with Gasteiger partial charge in [-0.3, -0.25) is 4.79 Å². The van der Waals surface area contributed by atoms with E-state index < -0.39 is 11.9 Å². The fourth-order valence-corrected chi connectivity index (χ4v) is 2.08. The predicted molar refractivity (Wildman–Crippen MR) is 78.3 cm³/mol. The molecule has 0 bridgehead atoms. The molecule has 0 radical (unpaired) electrons. The van der Waals surface area contributed by atoms with Gasteiger partial charge in [0.25, 0.3) is 5.91 Å². The van der Waals surface area contributed by atoms with E-state index in [0.29, 0.717) is 15.2 Å². The van der Waals surface area contributed by atoms with Gasteiger partial charge in [0.1, 0.15) is 4.60 Å². The Balaban J connectivity index is 2.32. The number of rotatable bonds is 3. The van der Waals surface area contributed by atoms with Gasteiger partial charge in [-0.25, -0.2) is 9.78 Å². The highest BCUT2D eigenvalue weighted by Crippen LogP contribution is 2.22. The maximum absolute atomic E-state index is 12.1. The van der Waals surface area contributed by atoms with Gasteiger partial charge in [-0.2, -0.15) is 0 Å². The summed E-state index contributed by atoms with van der Waals surface area (Å²) in [5.41, 5.74) is 0.460. The number of hydrogen-bond donors (Lipinski definition) is 2. The fraction of sp³-hybridized carbons (Fsp3) is 0. The number of carbonyl (C=O) groups is 2. The molecule has 1 heterocycles. The molecular weight excluding hydrogens is 348 g/mol. The SMILES string of the molecule is O=C(Nc1cc(Cl)ccc1C(=O)O)c1ccnc(Br)c1. The first-order chi connectivity index (χ1) is 9.47. The van der Waals surface area contributed by atoms with Crippen molar-refractivity contribution in [2.75, 3.05) is 5.32 Å². The molecule has 1 aromatic carbocycles. The summed E-state index contributed by atoms with van der Waals surface area (Å²) in [6, 6.07) is 7.22. The summed E-state index contributed by atoms with van der Waals surface area (Å²) in [7, 11) is 0. The molecule has 0 unspecified atom stereocenters. The molecule has 0 saturated heterocycles. The maximum atomic E-state index is 12.1. The molecule has 7 heteroatoms. The van der Waals surface area contributed by atoms with Crippen LogP contribution in [-0.4, -0.2) is 22.0 Å². The van der Waals surface area contributed by atoms with Crippen LogP contribution in [0.5, 0.6) is 0 Å². The van der Waals surface area contributed by atoms with Crippen molar-refractivity contribution >= 4 is 45.1 Å². The molecule has 0 saturated carbocycles. The van der Waals surface area contributed by atoms with Crippen molar-refractivity contribution < 1.29 is 14.7 Å². The quantitative estimate of drug-likeness (QED) is 0.827. The van der Waals surface area contributed by atoms with Crippen LogP contribution in [-0.2, 0) is 0 Å². The van der Waals surface area contributed by atoms with Crippen molar-refractivity contribution in [3.05, 3.63) is 57.3 Å². The van der Waals surface area contributed by atoms with Gasteiger partial charge in [0, 0.05) is 16.8 Å². The summed E-state index contributed by atoms with van der Waals surface area (Å²) in [6.07, 6.45) is 1.47. The molecule has 1 aromatic heterocycles. The fourth-order valence-electron chi connectivity index (χ4n) is 1.54. The molecule has 20 heavy (non-hydrogen) atoms. The van der Waals surface area contributed by atoms with E-state index in [1.165, 1.54) is 36.5 Å². The van der Waals surface area contributed by atoms with Gasteiger partial charge in [0.05, 0.1) is 11.3 Å². The van der Waals surface area contributed by atoms with Crippen LogP contribution in [0.15, 0.2) is 41.1 Å². The van der Waals surface area contributed by atoms with Crippen molar-refractivity contribution in [3.8, 4) is 0 Å². The van der Waals surface area contributed by atoms with Gasteiger partial charge in [-0.15, -0.1) is 0 Å². The number of carboxylic acid groups (broad SMARTS) is 1. The third kappa shape index (κ3) is 3.34. The summed E-state index contributed by atoms with van der Waals surface area (Å²) in [6.45, 7) is 0. The number of aromatic nitrogens is 1. The number of halogens is 2. The Kier molecular flexibility index (Phi) is 4.36. The number of anilines is 1. The molecule has 5 nitrogen and oxygen atoms in total. The molecule has 0 fully saturated rings. The average Bonchev–Trinajstić information content (AvgIpc) is 2.38. The van der Waals surface area contributed by atoms with Crippen LogP contribution in [0.25, 0.3) is 0 Å². The Morgan fingerprint density at radius 3 is 2.65 bits per heavy atom. The molecule has 1 amide bonds. The van der Waals surface area contributed by atoms with Gasteiger partial charge >= 0.3 is 5.97 Å². The van der Waals surface area contributed by atoms with Crippen LogP contribution in [0.4, 0.5) is 5.69 Å². The van der Waals surface area contributed by atoms with Crippen LogP contribution in [0.1, 0.15) is 20.7 Å². The number of amides is 1. The smallest absolute Gasteiger partial charge is 0.337 e. The highest BCUT2D eigenvalue weighted by Gasteiger charge is 2.14. The van der Waals surface area contributed by atoms with Gasteiger partial charge in [-0.1, -0.05) is 11.6 Å². The second-order valence-corrected chi connectivity index (χ2v) is 5.07. The number of nitrogens with zero attached hydrogens (tertiary/aromatic N) is 1. The monoisotopic (exact) mass is 354 g/mol. The average molecular weight is 356 g/mol. The maximum Gasteiger partial charge on any atom is 0.337 e. The van der Waals surface area contributed by atoms with Crippen LogP contribution in [0.2, 0.25) is 5.02 Å². The van der Waals surface area contributed by atoms with E-state index in [1.54, 1.807) is 0 Å². The lowest BCUT2D eigenvalue weighted by atomic mass is 10.1. The van der Waals surface area contributed by atoms with Crippen LogP contribution < -0.4 is 5.32 Å². The third-order valence-electron chi connectivity index (χ3n) is 2.45. The van der Waals surface area contributed by atoms with E-state index in [9.17, 15) is 9.59 Å². The van der Waals surface area contributed by atoms with Gasteiger partial charge in [0.2, 0.25) is 0 Å². The summed E-state index contributed by atoms with van der Waals surface area (Å²) in [4.78, 5) is 27.1. The molecule has 0 aliphatic heterocycles. The Hall–Kier alpha value is -1.92. The second-order valence-electron chi connectivity index (χ2n) is 3.82. The zero-order chi connectivity index (χ0) is 14.7. The number of aromatic carboxylic acids is 1. The number of carbonyl (C=O) groups excluding carboxylic acids is 1. The molecule has 0 atom stereocenters. The molecule has 2 aromatic rings. The minimum absolute atomic E-state index is 0.0316. The number of hydrogen-bond acceptors (Lipinski definition) is 3. The van der Waals surface area contributed by atoms with Crippen molar-refractivity contribution in [2.45, 2.75) is 0 Å². The van der Waals surface area contributed by atoms with Gasteiger partial charge < -0.3 is 10.4 Å². The minimum Gasteiger partial charge on any atom is -0.478 e. The first-order valence-electron chi connectivity index (χ1n) is 5.43. The largest absolute Gasteiger partial charge is 0.478 e. The molecule has 102 valence electrons. The van der Waals surface area contributed by atoms with E-state index in [4.69, 9.17) is 16.7 Å². The first kappa shape index (κ1) is 14.5. The van der Waals surface area contributed by atoms with Gasteiger partial charge in [-0.05, 0) is 46.3 Å². The Morgan fingerprint density at radius 2 is 2.00 bits per heavy atom. The van der Waals surface area contributed by atoms with E-state index in [0.717, 1.165) is 0 Å². The highest BCUT2D eigenvalue weighted by molar-refractivity contribution is 9.10. The van der Waals surface area contributed by atoms with Crippen LogP contribution >= 0.6 is 27.5 Å². The first-order valence-corrected chi connectivity index (χ1v) is 6.60.